The molecule has 9 rings (SSSR count). The molecule has 3 aliphatic heterocycles. The van der Waals surface area contributed by atoms with Gasteiger partial charge in [-0.15, -0.1) is 0 Å². The van der Waals surface area contributed by atoms with Crippen LogP contribution in [0.1, 0.15) is 47.1 Å². The van der Waals surface area contributed by atoms with E-state index in [0.717, 1.165) is 27.6 Å². The number of hydrogen-bond acceptors (Lipinski definition) is 13. The van der Waals surface area contributed by atoms with E-state index in [1.165, 1.54) is 4.90 Å². The Bertz CT molecular complexity index is 3090. The van der Waals surface area contributed by atoms with Crippen LogP contribution < -0.4 is 42.4 Å². The van der Waals surface area contributed by atoms with E-state index in [1.54, 1.807) is 55.0 Å². The van der Waals surface area contributed by atoms with Crippen LogP contribution in [0.15, 0.2) is 140 Å². The lowest BCUT2D eigenvalue weighted by Crippen LogP contribution is -2.60. The number of piperazine rings is 1. The van der Waals surface area contributed by atoms with Crippen LogP contribution in [0.3, 0.4) is 0 Å². The number of aromatic amines is 1. The standard InChI is InChI=1S/C61H71N11O9/c62-23-25-65-61(79)81-47-34-54-59(77)67-50(22-19-40-10-3-1-4-11-40)57(75)68-51(32-44-36-66-49-16-8-7-15-48(44)49)55(73)33-45(37-71-28-26-63-27-29-71)56(74)69-52(30-41-17-20-46(21-18-41)80-39-42-12-5-2-6-13-42)58(76)70-53(60(78)72(54)38-47)31-43-14-9-24-64-35-43/h1-18,20-21,24,35-36,45,47,50-54,63,66H,19,22-23,25-34,37-39,62H2,(H,65,79)(H,67,77)(H,68,75)(H,69,74)(H,70,76)/t45-,47+,50+,51-,52-,53-,54-/m0/s1. The van der Waals surface area contributed by atoms with Crippen molar-refractivity contribution in [3.05, 3.63) is 168 Å². The van der Waals surface area contributed by atoms with Gasteiger partial charge in [-0.3, -0.25) is 33.8 Å². The van der Waals surface area contributed by atoms with Gasteiger partial charge in [0.1, 0.15) is 42.6 Å². The number of ether oxygens (including phenoxy) is 2. The highest BCUT2D eigenvalue weighted by molar-refractivity contribution is 5.99. The smallest absolute Gasteiger partial charge is 0.407 e. The summed E-state index contributed by atoms with van der Waals surface area (Å²) in [6.45, 7) is 3.00. The molecule has 0 aliphatic carbocycles. The zero-order chi connectivity index (χ0) is 56.5. The third kappa shape index (κ3) is 15.9. The number of benzene rings is 4. The Morgan fingerprint density at radius 3 is 2.09 bits per heavy atom. The van der Waals surface area contributed by atoms with E-state index in [2.05, 4.69) is 46.8 Å². The first kappa shape index (κ1) is 57.2. The number of pyridine rings is 1. The van der Waals surface area contributed by atoms with Crippen molar-refractivity contribution in [2.45, 2.75) is 87.9 Å². The normalized spacial score (nSPS) is 22.6. The van der Waals surface area contributed by atoms with Gasteiger partial charge in [0.05, 0.1) is 18.5 Å². The minimum absolute atomic E-state index is 0.0369. The fourth-order valence-electron chi connectivity index (χ4n) is 10.7. The molecule has 6 amide bonds. The number of H-pyrrole nitrogens is 1. The topological polar surface area (TPSA) is 271 Å². The summed E-state index contributed by atoms with van der Waals surface area (Å²) >= 11 is 0. The molecule has 3 saturated heterocycles. The summed E-state index contributed by atoms with van der Waals surface area (Å²) in [5, 5.41) is 18.7. The van der Waals surface area contributed by atoms with Crippen molar-refractivity contribution in [1.29, 1.82) is 0 Å². The summed E-state index contributed by atoms with van der Waals surface area (Å²) in [5.41, 5.74) is 10.3. The highest BCUT2D eigenvalue weighted by Crippen LogP contribution is 2.26. The molecular formula is C61H71N11O9. The van der Waals surface area contributed by atoms with Crippen molar-refractivity contribution in [1.82, 2.24) is 51.7 Å². The average molecular weight is 1100 g/mol. The highest BCUT2D eigenvalue weighted by Gasteiger charge is 2.45. The minimum atomic E-state index is -1.35. The van der Waals surface area contributed by atoms with Crippen molar-refractivity contribution in [2.75, 3.05) is 52.4 Å². The number of aromatic nitrogens is 2. The van der Waals surface area contributed by atoms with Crippen LogP contribution in [-0.4, -0.2) is 150 Å². The van der Waals surface area contributed by atoms with Gasteiger partial charge in [0.25, 0.3) is 0 Å². The van der Waals surface area contributed by atoms with Crippen LogP contribution in [0, 0.1) is 5.92 Å². The molecule has 9 N–H and O–H groups in total. The number of nitrogens with zero attached hydrogens (tertiary/aromatic N) is 3. The number of rotatable bonds is 17. The second kappa shape index (κ2) is 28.1. The molecule has 81 heavy (non-hydrogen) atoms. The molecule has 7 atom stereocenters. The maximum atomic E-state index is 15.4. The first-order valence-electron chi connectivity index (χ1n) is 27.8. The molecule has 0 spiro atoms. The monoisotopic (exact) mass is 1100 g/mol. The molecule has 2 aromatic heterocycles. The van der Waals surface area contributed by atoms with Crippen LogP contribution in [0.4, 0.5) is 4.79 Å². The second-order valence-corrected chi connectivity index (χ2v) is 20.9. The number of amides is 6. The average Bonchev–Trinajstić information content (AvgIpc) is 4.11. The summed E-state index contributed by atoms with van der Waals surface area (Å²) in [7, 11) is 0. The Hall–Kier alpha value is -8.46. The molecule has 0 radical (unpaired) electrons. The molecule has 6 aromatic rings. The lowest BCUT2D eigenvalue weighted by Gasteiger charge is -2.33. The Balaban J connectivity index is 1.10. The summed E-state index contributed by atoms with van der Waals surface area (Å²) < 4.78 is 11.8. The maximum Gasteiger partial charge on any atom is 0.407 e. The molecule has 0 saturated carbocycles. The zero-order valence-corrected chi connectivity index (χ0v) is 45.2. The summed E-state index contributed by atoms with van der Waals surface area (Å²) in [4.78, 5) is 115. The largest absolute Gasteiger partial charge is 0.489 e. The lowest BCUT2D eigenvalue weighted by atomic mass is 9.92. The van der Waals surface area contributed by atoms with Gasteiger partial charge in [0.15, 0.2) is 5.78 Å². The highest BCUT2D eigenvalue weighted by atomic mass is 16.6. The molecule has 20 nitrogen and oxygen atoms in total. The number of nitrogens with one attached hydrogen (secondary N) is 7. The number of para-hydroxylation sites is 1. The number of alkyl carbamates (subject to hydrolysis) is 1. The van der Waals surface area contributed by atoms with Gasteiger partial charge < -0.3 is 61.9 Å². The van der Waals surface area contributed by atoms with Crippen LogP contribution in [0.25, 0.3) is 10.9 Å². The van der Waals surface area contributed by atoms with E-state index >= 15 is 28.8 Å². The van der Waals surface area contributed by atoms with Crippen LogP contribution >= 0.6 is 0 Å². The molecule has 3 fully saturated rings. The van der Waals surface area contributed by atoms with E-state index in [4.69, 9.17) is 15.2 Å². The summed E-state index contributed by atoms with van der Waals surface area (Å²) in [6.07, 6.45) is 3.02. The molecule has 0 unspecified atom stereocenters. The Labute approximate surface area is 470 Å². The molecular weight excluding hydrogens is 1030 g/mol. The van der Waals surface area contributed by atoms with E-state index < -0.39 is 83.6 Å². The quantitative estimate of drug-likeness (QED) is 0.0654. The Kier molecular flexibility index (Phi) is 19.9. The molecule has 20 heteroatoms. The fourth-order valence-corrected chi connectivity index (χ4v) is 10.7. The number of carbonyl (C=O) groups excluding carboxylic acids is 7. The van der Waals surface area contributed by atoms with Crippen LogP contribution in [0.2, 0.25) is 0 Å². The zero-order valence-electron chi connectivity index (χ0n) is 45.2. The maximum absolute atomic E-state index is 15.4. The SMILES string of the molecule is NCCNC(=O)O[C@@H]1C[C@H]2C(=O)N[C@H](CCc3ccccc3)C(=O)N[C@@H](Cc3c[nH]c4ccccc34)C(=O)C[C@@H](CN3CCNCC3)C(=O)N[C@@H](Cc3ccc(OCc4ccccc4)cc3)C(=O)N[C@@H](Cc3cccnc3)C(=O)N2C1. The van der Waals surface area contributed by atoms with Gasteiger partial charge in [0.2, 0.25) is 29.5 Å². The van der Waals surface area contributed by atoms with E-state index in [1.807, 2.05) is 84.9 Å². The Morgan fingerprint density at radius 1 is 0.679 bits per heavy atom. The predicted molar refractivity (Wildman–Crippen MR) is 303 cm³/mol. The summed E-state index contributed by atoms with van der Waals surface area (Å²) in [5.74, 6) is -4.18. The van der Waals surface area contributed by atoms with Crippen molar-refractivity contribution < 1.29 is 43.0 Å². The van der Waals surface area contributed by atoms with Crippen LogP contribution in [0.5, 0.6) is 5.75 Å². The first-order valence-corrected chi connectivity index (χ1v) is 27.8. The van der Waals surface area contributed by atoms with Crippen molar-refractivity contribution in [2.24, 2.45) is 11.7 Å². The van der Waals surface area contributed by atoms with Crippen molar-refractivity contribution in [3.8, 4) is 5.75 Å². The van der Waals surface area contributed by atoms with Gasteiger partial charge in [-0.1, -0.05) is 97.1 Å². The third-order valence-corrected chi connectivity index (χ3v) is 15.1. The molecule has 3 aliphatic rings. The number of hydrogen-bond donors (Lipinski definition) is 8. The van der Waals surface area contributed by atoms with Gasteiger partial charge in [-0.25, -0.2) is 4.79 Å². The Morgan fingerprint density at radius 2 is 1.35 bits per heavy atom. The van der Waals surface area contributed by atoms with Gasteiger partial charge in [-0.05, 0) is 64.9 Å². The molecule has 0 bridgehead atoms. The number of nitrogens with two attached hydrogens (primary N) is 1. The van der Waals surface area contributed by atoms with Crippen molar-refractivity contribution >= 4 is 52.3 Å². The number of carbonyl (C=O) groups is 7. The number of fused-ring (bicyclic) bond motifs is 2. The van der Waals surface area contributed by atoms with E-state index in [9.17, 15) is 4.79 Å². The van der Waals surface area contributed by atoms with E-state index in [-0.39, 0.29) is 64.7 Å². The third-order valence-electron chi connectivity index (χ3n) is 15.1. The molecule has 4 aromatic carbocycles. The summed E-state index contributed by atoms with van der Waals surface area (Å²) in [6, 6.07) is 31.0. The predicted octanol–water partition coefficient (Wildman–Crippen LogP) is 2.89. The first-order chi connectivity index (χ1) is 39.5. The fraction of sp³-hybridized carbons (Fsp3) is 0.377. The number of Topliss-reactive ketones (excluding diaryl/α,β-unsaturated/α-hetero) is 1. The number of aryl methyl sites for hydroxylation is 1. The lowest BCUT2D eigenvalue weighted by molar-refractivity contribution is -0.143. The number of ketones is 1. The minimum Gasteiger partial charge on any atom is -0.489 e. The van der Waals surface area contributed by atoms with Gasteiger partial charge in [-0.2, -0.15) is 0 Å². The second-order valence-electron chi connectivity index (χ2n) is 20.9. The van der Waals surface area contributed by atoms with Gasteiger partial charge >= 0.3 is 6.09 Å². The van der Waals surface area contributed by atoms with E-state index in [0.29, 0.717) is 56.1 Å². The molecule has 424 valence electrons. The molecule has 5 heterocycles. The van der Waals surface area contributed by atoms with Crippen LogP contribution in [-0.2, 0) is 65.8 Å². The van der Waals surface area contributed by atoms with Gasteiger partial charge in [0, 0.05) is 107 Å². The van der Waals surface area contributed by atoms with Crippen molar-refractivity contribution in [3.63, 3.8) is 0 Å².